The summed E-state index contributed by atoms with van der Waals surface area (Å²) in [6.45, 7) is 4.92. The van der Waals surface area contributed by atoms with E-state index >= 15 is 0 Å². The Hall–Kier alpha value is -3.29. The Balaban J connectivity index is 3.24. The van der Waals surface area contributed by atoms with Crippen molar-refractivity contribution in [3.05, 3.63) is 41.5 Å². The van der Waals surface area contributed by atoms with Gasteiger partial charge in [0.15, 0.2) is 11.5 Å². The predicted octanol–water partition coefficient (Wildman–Crippen LogP) is 1.66. The summed E-state index contributed by atoms with van der Waals surface area (Å²) in [5.41, 5.74) is 0.749. The highest BCUT2D eigenvalue weighted by Gasteiger charge is 2.39. The number of rotatable bonds is 7. The van der Waals surface area contributed by atoms with Gasteiger partial charge in [-0.1, -0.05) is 28.9 Å². The first-order chi connectivity index (χ1) is 12.2. The van der Waals surface area contributed by atoms with E-state index in [1.54, 1.807) is 45.0 Å². The van der Waals surface area contributed by atoms with E-state index in [1.165, 1.54) is 0 Å². The number of aryl methyl sites for hydroxylation is 1. The monoisotopic (exact) mass is 360 g/mol. The third-order valence-electron chi connectivity index (χ3n) is 3.37. The standard InChI is InChI=1S/C18H20N2O6/c1-10(2)9-13(21)14(15(20-25)18(24)26-4)16(22)17(23)19-12-8-6-5-7-11(12)3/h5-9,14,25H,1-4H3,(H,19,23)/b20-15+. The van der Waals surface area contributed by atoms with Crippen LogP contribution in [0.4, 0.5) is 5.69 Å². The summed E-state index contributed by atoms with van der Waals surface area (Å²) in [5.74, 6) is -6.33. The molecule has 1 unspecified atom stereocenters. The molecule has 8 heteroatoms. The van der Waals surface area contributed by atoms with Crippen molar-refractivity contribution < 1.29 is 29.1 Å². The summed E-state index contributed by atoms with van der Waals surface area (Å²) in [5, 5.41) is 14.2. The number of hydrogen-bond donors (Lipinski definition) is 2. The maximum atomic E-state index is 12.5. The molecule has 0 heterocycles. The second-order valence-corrected chi connectivity index (χ2v) is 5.67. The van der Waals surface area contributed by atoms with Gasteiger partial charge in [0.25, 0.3) is 5.91 Å². The molecule has 2 N–H and O–H groups in total. The van der Waals surface area contributed by atoms with E-state index < -0.39 is 35.1 Å². The Labute approximate surface area is 150 Å². The van der Waals surface area contributed by atoms with Crippen molar-refractivity contribution in [1.82, 2.24) is 0 Å². The smallest absolute Gasteiger partial charge is 0.357 e. The van der Waals surface area contributed by atoms with E-state index in [1.807, 2.05) is 0 Å². The van der Waals surface area contributed by atoms with Gasteiger partial charge >= 0.3 is 5.97 Å². The van der Waals surface area contributed by atoms with Crippen molar-refractivity contribution in [2.45, 2.75) is 20.8 Å². The van der Waals surface area contributed by atoms with Crippen LogP contribution in [0.1, 0.15) is 19.4 Å². The Morgan fingerprint density at radius 1 is 1.19 bits per heavy atom. The van der Waals surface area contributed by atoms with Crippen molar-refractivity contribution >= 4 is 34.8 Å². The number of para-hydroxylation sites is 1. The fourth-order valence-corrected chi connectivity index (χ4v) is 2.11. The second-order valence-electron chi connectivity index (χ2n) is 5.67. The number of Topliss-reactive ketones (excluding diaryl/α,β-unsaturated/α-hetero) is 1. The summed E-state index contributed by atoms with van der Waals surface area (Å²) >= 11 is 0. The zero-order chi connectivity index (χ0) is 19.9. The first-order valence-corrected chi connectivity index (χ1v) is 7.62. The number of carbonyl (C=O) groups excluding carboxylic acids is 4. The summed E-state index contributed by atoms with van der Waals surface area (Å²) in [4.78, 5) is 49.0. The number of amides is 1. The number of nitrogens with zero attached hydrogens (tertiary/aromatic N) is 1. The van der Waals surface area contributed by atoms with Crippen molar-refractivity contribution in [2.24, 2.45) is 11.1 Å². The van der Waals surface area contributed by atoms with Gasteiger partial charge in [0.1, 0.15) is 5.92 Å². The molecule has 138 valence electrons. The average Bonchev–Trinajstić information content (AvgIpc) is 2.59. The van der Waals surface area contributed by atoms with E-state index in [-0.39, 0.29) is 0 Å². The number of anilines is 1. The van der Waals surface area contributed by atoms with Gasteiger partial charge in [-0.05, 0) is 38.5 Å². The Bertz CT molecular complexity index is 791. The van der Waals surface area contributed by atoms with E-state index in [9.17, 15) is 19.2 Å². The first-order valence-electron chi connectivity index (χ1n) is 7.62. The molecule has 1 amide bonds. The fourth-order valence-electron chi connectivity index (χ4n) is 2.11. The molecule has 8 nitrogen and oxygen atoms in total. The Kier molecular flexibility index (Phi) is 7.39. The van der Waals surface area contributed by atoms with Crippen molar-refractivity contribution in [3.8, 4) is 0 Å². The number of esters is 1. The van der Waals surface area contributed by atoms with E-state index in [4.69, 9.17) is 5.21 Å². The van der Waals surface area contributed by atoms with Gasteiger partial charge in [0.2, 0.25) is 5.78 Å². The van der Waals surface area contributed by atoms with Gasteiger partial charge in [-0.25, -0.2) is 4.79 Å². The van der Waals surface area contributed by atoms with Crippen molar-refractivity contribution in [1.29, 1.82) is 0 Å². The van der Waals surface area contributed by atoms with Gasteiger partial charge in [-0.3, -0.25) is 14.4 Å². The van der Waals surface area contributed by atoms with Gasteiger partial charge < -0.3 is 15.3 Å². The molecule has 0 aliphatic carbocycles. The highest BCUT2D eigenvalue weighted by molar-refractivity contribution is 6.56. The van der Waals surface area contributed by atoms with Gasteiger partial charge in [0, 0.05) is 5.69 Å². The number of methoxy groups -OCH3 is 1. The number of ether oxygens (including phenoxy) is 1. The minimum absolute atomic E-state index is 0.375. The number of nitrogens with one attached hydrogen (secondary N) is 1. The molecule has 0 bridgehead atoms. The number of carbonyl (C=O) groups is 4. The zero-order valence-corrected chi connectivity index (χ0v) is 14.9. The number of benzene rings is 1. The molecule has 1 aromatic rings. The second kappa shape index (κ2) is 9.26. The molecule has 0 aliphatic rings. The minimum atomic E-state index is -1.91. The van der Waals surface area contributed by atoms with Crippen LogP contribution in [-0.2, 0) is 23.9 Å². The molecule has 0 fully saturated rings. The lowest BCUT2D eigenvalue weighted by Gasteiger charge is -2.14. The minimum Gasteiger partial charge on any atom is -0.464 e. The molecule has 1 atom stereocenters. The third kappa shape index (κ3) is 5.10. The lowest BCUT2D eigenvalue weighted by Crippen LogP contribution is -2.42. The molecular formula is C18H20N2O6. The lowest BCUT2D eigenvalue weighted by atomic mass is 9.91. The van der Waals surface area contributed by atoms with Gasteiger partial charge in [-0.2, -0.15) is 0 Å². The van der Waals surface area contributed by atoms with Gasteiger partial charge in [0.05, 0.1) is 7.11 Å². The molecule has 1 aromatic carbocycles. The summed E-state index contributed by atoms with van der Waals surface area (Å²) < 4.78 is 4.42. The molecule has 0 saturated carbocycles. The number of oxime groups is 1. The van der Waals surface area contributed by atoms with Crippen LogP contribution in [0.25, 0.3) is 0 Å². The van der Waals surface area contributed by atoms with Gasteiger partial charge in [-0.15, -0.1) is 0 Å². The van der Waals surface area contributed by atoms with Crippen molar-refractivity contribution in [2.75, 3.05) is 12.4 Å². The normalized spacial score (nSPS) is 11.9. The fraction of sp³-hybridized carbons (Fsp3) is 0.278. The molecule has 0 aromatic heterocycles. The average molecular weight is 360 g/mol. The lowest BCUT2D eigenvalue weighted by molar-refractivity contribution is -0.140. The third-order valence-corrected chi connectivity index (χ3v) is 3.37. The van der Waals surface area contributed by atoms with Crippen LogP contribution in [0.15, 0.2) is 41.1 Å². The van der Waals surface area contributed by atoms with Crippen molar-refractivity contribution in [3.63, 3.8) is 0 Å². The Morgan fingerprint density at radius 3 is 2.31 bits per heavy atom. The maximum Gasteiger partial charge on any atom is 0.357 e. The summed E-state index contributed by atoms with van der Waals surface area (Å²) in [7, 11) is 0.994. The molecule has 0 saturated heterocycles. The number of hydrogen-bond acceptors (Lipinski definition) is 7. The summed E-state index contributed by atoms with van der Waals surface area (Å²) in [6, 6.07) is 6.71. The van der Waals surface area contributed by atoms with Crippen LogP contribution in [0.2, 0.25) is 0 Å². The van der Waals surface area contributed by atoms with Crippen LogP contribution < -0.4 is 5.32 Å². The SMILES string of the molecule is COC(=O)/C(=N/O)C(C(=O)C=C(C)C)C(=O)C(=O)Nc1ccccc1C. The molecular weight excluding hydrogens is 340 g/mol. The Morgan fingerprint density at radius 2 is 1.81 bits per heavy atom. The molecule has 1 rings (SSSR count). The molecule has 0 spiro atoms. The number of allylic oxidation sites excluding steroid dienone is 2. The molecule has 0 aliphatic heterocycles. The van der Waals surface area contributed by atoms with Crippen LogP contribution in [-0.4, -0.2) is 41.5 Å². The number of ketones is 2. The molecule has 0 radical (unpaired) electrons. The first kappa shape index (κ1) is 20.8. The van der Waals surface area contributed by atoms with Crippen LogP contribution in [0, 0.1) is 12.8 Å². The topological polar surface area (TPSA) is 122 Å². The van der Waals surface area contributed by atoms with E-state index in [2.05, 4.69) is 15.2 Å². The summed E-state index contributed by atoms with van der Waals surface area (Å²) in [6.07, 6.45) is 1.08. The zero-order valence-electron chi connectivity index (χ0n) is 14.9. The van der Waals surface area contributed by atoms with E-state index in [0.29, 0.717) is 16.8 Å². The predicted molar refractivity (Wildman–Crippen MR) is 94.0 cm³/mol. The van der Waals surface area contributed by atoms with E-state index in [0.717, 1.165) is 13.2 Å². The highest BCUT2D eigenvalue weighted by Crippen LogP contribution is 2.15. The molecule has 26 heavy (non-hydrogen) atoms. The van der Waals surface area contributed by atoms with Crippen LogP contribution in [0.5, 0.6) is 0 Å². The quantitative estimate of drug-likeness (QED) is 0.145. The van der Waals surface area contributed by atoms with Crippen LogP contribution >= 0.6 is 0 Å². The largest absolute Gasteiger partial charge is 0.464 e. The maximum absolute atomic E-state index is 12.5. The highest BCUT2D eigenvalue weighted by atomic mass is 16.5. The van der Waals surface area contributed by atoms with Crippen LogP contribution in [0.3, 0.4) is 0 Å².